The molecule has 2 aromatic carbocycles. The van der Waals surface area contributed by atoms with Gasteiger partial charge in [0.1, 0.15) is 0 Å². The molecule has 0 fully saturated rings. The standard InChI is InChI=1S/C18H15ClN2O5S/c1-21-17(23)13-3-2-4-14(16(13)18(21)24)20-15(22)9-10-27(25,26)12-7-5-11(19)6-8-12/h2-8H,9-10H2,1H3,(H,20,22). The molecule has 27 heavy (non-hydrogen) atoms. The number of nitrogens with zero attached hydrogens (tertiary/aromatic N) is 1. The molecule has 3 rings (SSSR count). The van der Waals surface area contributed by atoms with Gasteiger partial charge in [0.05, 0.1) is 27.5 Å². The average Bonchev–Trinajstić information content (AvgIpc) is 2.86. The van der Waals surface area contributed by atoms with E-state index in [2.05, 4.69) is 5.32 Å². The van der Waals surface area contributed by atoms with Gasteiger partial charge in [-0.15, -0.1) is 0 Å². The molecular formula is C18H15ClN2O5S. The maximum atomic E-state index is 12.3. The monoisotopic (exact) mass is 406 g/mol. The molecule has 1 aliphatic heterocycles. The third kappa shape index (κ3) is 3.72. The van der Waals surface area contributed by atoms with E-state index >= 15 is 0 Å². The minimum absolute atomic E-state index is 0.0719. The number of imide groups is 1. The molecule has 3 amide bonds. The molecule has 0 spiro atoms. The van der Waals surface area contributed by atoms with Crippen molar-refractivity contribution in [2.24, 2.45) is 0 Å². The van der Waals surface area contributed by atoms with Gasteiger partial charge in [-0.05, 0) is 36.4 Å². The first-order valence-electron chi connectivity index (χ1n) is 7.94. The normalized spacial score (nSPS) is 13.6. The third-order valence-corrected chi connectivity index (χ3v) is 6.15. The molecule has 1 N–H and O–H groups in total. The predicted octanol–water partition coefficient (Wildman–Crippen LogP) is 2.37. The fourth-order valence-corrected chi connectivity index (χ4v) is 4.07. The fourth-order valence-electron chi connectivity index (χ4n) is 2.71. The van der Waals surface area contributed by atoms with Crippen LogP contribution in [0.1, 0.15) is 27.1 Å². The molecule has 1 heterocycles. The molecule has 0 saturated heterocycles. The van der Waals surface area contributed by atoms with Crippen molar-refractivity contribution in [2.45, 2.75) is 11.3 Å². The molecule has 2 aromatic rings. The Bertz CT molecular complexity index is 1050. The van der Waals surface area contributed by atoms with Crippen molar-refractivity contribution >= 4 is 44.8 Å². The summed E-state index contributed by atoms with van der Waals surface area (Å²) in [5.41, 5.74) is 0.497. The van der Waals surface area contributed by atoms with E-state index in [9.17, 15) is 22.8 Å². The number of nitrogens with one attached hydrogen (secondary N) is 1. The summed E-state index contributed by atoms with van der Waals surface area (Å²) >= 11 is 5.74. The summed E-state index contributed by atoms with van der Waals surface area (Å²) in [6.07, 6.45) is -0.299. The van der Waals surface area contributed by atoms with Crippen LogP contribution >= 0.6 is 11.6 Å². The second-order valence-corrected chi connectivity index (χ2v) is 8.51. The molecule has 140 valence electrons. The Kier molecular flexibility index (Phi) is 5.03. The molecule has 0 saturated carbocycles. The van der Waals surface area contributed by atoms with Crippen molar-refractivity contribution in [1.82, 2.24) is 4.90 Å². The van der Waals surface area contributed by atoms with E-state index in [0.29, 0.717) is 5.02 Å². The second-order valence-electron chi connectivity index (χ2n) is 5.97. The van der Waals surface area contributed by atoms with E-state index in [1.54, 1.807) is 6.07 Å². The van der Waals surface area contributed by atoms with Gasteiger partial charge in [0.25, 0.3) is 11.8 Å². The summed E-state index contributed by atoms with van der Waals surface area (Å²) in [5, 5.41) is 2.93. The number of hydrogen-bond acceptors (Lipinski definition) is 5. The van der Waals surface area contributed by atoms with Crippen LogP contribution in [0.3, 0.4) is 0 Å². The van der Waals surface area contributed by atoms with E-state index in [1.807, 2.05) is 0 Å². The van der Waals surface area contributed by atoms with Crippen molar-refractivity contribution in [3.8, 4) is 0 Å². The van der Waals surface area contributed by atoms with Gasteiger partial charge in [0.2, 0.25) is 5.91 Å². The van der Waals surface area contributed by atoms with E-state index in [-0.39, 0.29) is 28.1 Å². The number of carbonyl (C=O) groups excluding carboxylic acids is 3. The highest BCUT2D eigenvalue weighted by Gasteiger charge is 2.35. The highest BCUT2D eigenvalue weighted by molar-refractivity contribution is 7.91. The highest BCUT2D eigenvalue weighted by atomic mass is 35.5. The highest BCUT2D eigenvalue weighted by Crippen LogP contribution is 2.28. The number of benzene rings is 2. The van der Waals surface area contributed by atoms with Crippen LogP contribution in [0.2, 0.25) is 5.02 Å². The lowest BCUT2D eigenvalue weighted by atomic mass is 10.1. The lowest BCUT2D eigenvalue weighted by Crippen LogP contribution is -2.24. The average molecular weight is 407 g/mol. The van der Waals surface area contributed by atoms with Gasteiger partial charge in [-0.1, -0.05) is 17.7 Å². The van der Waals surface area contributed by atoms with Gasteiger partial charge in [0, 0.05) is 18.5 Å². The molecule has 1 aliphatic rings. The fraction of sp³-hybridized carbons (Fsp3) is 0.167. The smallest absolute Gasteiger partial charge is 0.263 e. The van der Waals surface area contributed by atoms with Gasteiger partial charge in [-0.25, -0.2) is 8.42 Å². The first-order valence-corrected chi connectivity index (χ1v) is 9.97. The summed E-state index contributed by atoms with van der Waals surface area (Å²) in [5.74, 6) is -1.94. The van der Waals surface area contributed by atoms with Crippen LogP contribution in [0, 0.1) is 0 Å². The molecule has 0 aliphatic carbocycles. The van der Waals surface area contributed by atoms with E-state index in [4.69, 9.17) is 11.6 Å². The Morgan fingerprint density at radius 3 is 2.41 bits per heavy atom. The lowest BCUT2D eigenvalue weighted by molar-refractivity contribution is -0.115. The minimum atomic E-state index is -3.65. The van der Waals surface area contributed by atoms with Gasteiger partial charge in [-0.2, -0.15) is 0 Å². The van der Waals surface area contributed by atoms with Crippen molar-refractivity contribution in [3.63, 3.8) is 0 Å². The molecule has 0 atom stereocenters. The van der Waals surface area contributed by atoms with Crippen molar-refractivity contribution in [2.75, 3.05) is 18.1 Å². The topological polar surface area (TPSA) is 101 Å². The minimum Gasteiger partial charge on any atom is -0.325 e. The molecule has 0 radical (unpaired) electrons. The molecule has 0 bridgehead atoms. The van der Waals surface area contributed by atoms with E-state index in [0.717, 1.165) is 4.90 Å². The molecule has 7 nitrogen and oxygen atoms in total. The lowest BCUT2D eigenvalue weighted by Gasteiger charge is -2.09. The first kappa shape index (κ1) is 19.1. The number of amides is 3. The quantitative estimate of drug-likeness (QED) is 0.768. The summed E-state index contributed by atoms with van der Waals surface area (Å²) < 4.78 is 24.6. The van der Waals surface area contributed by atoms with E-state index < -0.39 is 33.3 Å². The Balaban J connectivity index is 1.72. The van der Waals surface area contributed by atoms with Crippen LogP contribution in [-0.4, -0.2) is 43.8 Å². The van der Waals surface area contributed by atoms with Crippen LogP contribution in [-0.2, 0) is 14.6 Å². The number of anilines is 1. The first-order chi connectivity index (χ1) is 12.7. The zero-order valence-corrected chi connectivity index (χ0v) is 15.8. The Labute approximate surface area is 160 Å². The van der Waals surface area contributed by atoms with Gasteiger partial charge in [0.15, 0.2) is 9.84 Å². The van der Waals surface area contributed by atoms with Gasteiger partial charge in [-0.3, -0.25) is 19.3 Å². The number of sulfone groups is 1. The predicted molar refractivity (Wildman–Crippen MR) is 99.6 cm³/mol. The maximum absolute atomic E-state index is 12.3. The number of hydrogen-bond donors (Lipinski definition) is 1. The van der Waals surface area contributed by atoms with Gasteiger partial charge < -0.3 is 5.32 Å². The number of halogens is 1. The summed E-state index contributed by atoms with van der Waals surface area (Å²) in [6, 6.07) is 10.2. The van der Waals surface area contributed by atoms with Gasteiger partial charge >= 0.3 is 0 Å². The maximum Gasteiger partial charge on any atom is 0.263 e. The largest absolute Gasteiger partial charge is 0.325 e. The SMILES string of the molecule is CN1C(=O)c2cccc(NC(=O)CCS(=O)(=O)c3ccc(Cl)cc3)c2C1=O. The summed E-state index contributed by atoms with van der Waals surface area (Å²) in [4.78, 5) is 37.4. The molecular weight excluding hydrogens is 392 g/mol. The molecule has 9 heteroatoms. The number of carbonyl (C=O) groups is 3. The number of fused-ring (bicyclic) bond motifs is 1. The Hall–Kier alpha value is -2.71. The Morgan fingerprint density at radius 2 is 1.74 bits per heavy atom. The Morgan fingerprint density at radius 1 is 1.07 bits per heavy atom. The number of rotatable bonds is 5. The van der Waals surface area contributed by atoms with Crippen LogP contribution in [0.25, 0.3) is 0 Å². The van der Waals surface area contributed by atoms with E-state index in [1.165, 1.54) is 43.4 Å². The second kappa shape index (κ2) is 7.13. The summed E-state index contributed by atoms with van der Waals surface area (Å²) in [6.45, 7) is 0. The van der Waals surface area contributed by atoms with Crippen LogP contribution in [0.5, 0.6) is 0 Å². The van der Waals surface area contributed by atoms with Crippen molar-refractivity contribution < 1.29 is 22.8 Å². The third-order valence-electron chi connectivity index (χ3n) is 4.16. The van der Waals surface area contributed by atoms with Crippen LogP contribution in [0.4, 0.5) is 5.69 Å². The van der Waals surface area contributed by atoms with Crippen LogP contribution in [0.15, 0.2) is 47.4 Å². The molecule has 0 aromatic heterocycles. The summed E-state index contributed by atoms with van der Waals surface area (Å²) in [7, 11) is -2.30. The zero-order valence-electron chi connectivity index (χ0n) is 14.2. The van der Waals surface area contributed by atoms with Crippen molar-refractivity contribution in [1.29, 1.82) is 0 Å². The zero-order chi connectivity index (χ0) is 19.8. The van der Waals surface area contributed by atoms with Crippen LogP contribution < -0.4 is 5.32 Å². The molecule has 0 unspecified atom stereocenters. The van der Waals surface area contributed by atoms with Crippen molar-refractivity contribution in [3.05, 3.63) is 58.6 Å².